The van der Waals surface area contributed by atoms with Crippen LogP contribution in [0, 0.1) is 0 Å². The first-order chi connectivity index (χ1) is 8.52. The van der Waals surface area contributed by atoms with Gasteiger partial charge in [0.1, 0.15) is 0 Å². The fourth-order valence-corrected chi connectivity index (χ4v) is 1.92. The summed E-state index contributed by atoms with van der Waals surface area (Å²) in [5.41, 5.74) is 8.29. The molecule has 7 heteroatoms. The minimum atomic E-state index is -1.56. The molecule has 0 heterocycles. The van der Waals surface area contributed by atoms with Crippen LogP contribution in [0.1, 0.15) is 18.6 Å². The Balaban J connectivity index is 3.17. The lowest BCUT2D eigenvalue weighted by molar-refractivity contribution is -0.141. The molecule has 0 fully saturated rings. The molecule has 1 rings (SSSR count). The average Bonchev–Trinajstić information content (AvgIpc) is 2.30. The number of halogens is 2. The van der Waals surface area contributed by atoms with E-state index in [-0.39, 0.29) is 22.2 Å². The molecule has 0 aliphatic rings. The molecule has 0 bridgehead atoms. The molecule has 0 aliphatic heterocycles. The molecule has 1 N–H and O–H groups in total. The minimum Gasteiger partial charge on any atom is -0.457 e. The van der Waals surface area contributed by atoms with Crippen molar-refractivity contribution in [2.45, 2.75) is 13.0 Å². The van der Waals surface area contributed by atoms with Crippen LogP contribution in [-0.2, 0) is 9.53 Å². The van der Waals surface area contributed by atoms with Crippen molar-refractivity contribution in [1.82, 2.24) is 0 Å². The van der Waals surface area contributed by atoms with Gasteiger partial charge in [-0.1, -0.05) is 29.3 Å². The summed E-state index contributed by atoms with van der Waals surface area (Å²) in [7, 11) is 0. The van der Waals surface area contributed by atoms with Gasteiger partial charge in [0.25, 0.3) is 0 Å². The molecular formula is C11H10Cl2N2O3. The van der Waals surface area contributed by atoms with E-state index in [0.717, 1.165) is 0 Å². The molecule has 1 aromatic carbocycles. The Morgan fingerprint density at radius 3 is 2.50 bits per heavy atom. The van der Waals surface area contributed by atoms with Crippen molar-refractivity contribution < 1.29 is 19.4 Å². The molecule has 0 spiro atoms. The number of rotatable bonds is 4. The number of nitrogens with zero attached hydrogens (tertiary/aromatic N) is 2. The smallest absolute Gasteiger partial charge is 0.420 e. The van der Waals surface area contributed by atoms with Crippen molar-refractivity contribution >= 4 is 34.9 Å². The predicted molar refractivity (Wildman–Crippen MR) is 66.7 cm³/mol. The second-order valence-electron chi connectivity index (χ2n) is 3.24. The van der Waals surface area contributed by atoms with Crippen LogP contribution in [-0.4, -0.2) is 28.2 Å². The van der Waals surface area contributed by atoms with E-state index in [9.17, 15) is 9.90 Å². The highest BCUT2D eigenvalue weighted by molar-refractivity contribution is 6.39. The predicted octanol–water partition coefficient (Wildman–Crippen LogP) is 2.26. The lowest BCUT2D eigenvalue weighted by atomic mass is 10.0. The van der Waals surface area contributed by atoms with Gasteiger partial charge >= 0.3 is 11.7 Å². The fourth-order valence-electron chi connectivity index (χ4n) is 1.32. The molecule has 5 nitrogen and oxygen atoms in total. The van der Waals surface area contributed by atoms with Crippen molar-refractivity contribution in [1.29, 1.82) is 0 Å². The molecule has 1 aromatic rings. The van der Waals surface area contributed by atoms with Crippen molar-refractivity contribution in [2.75, 3.05) is 6.61 Å². The molecule has 0 saturated carbocycles. The van der Waals surface area contributed by atoms with Gasteiger partial charge in [0.2, 0.25) is 0 Å². The van der Waals surface area contributed by atoms with Crippen LogP contribution in [0.25, 0.3) is 5.53 Å². The summed E-state index contributed by atoms with van der Waals surface area (Å²) in [6.07, 6.45) is -1.56. The summed E-state index contributed by atoms with van der Waals surface area (Å²) in [5.74, 6) is -0.941. The summed E-state index contributed by atoms with van der Waals surface area (Å²) in [4.78, 5) is 14.2. The Hall–Kier alpha value is -1.39. The van der Waals surface area contributed by atoms with Crippen molar-refractivity contribution in [3.63, 3.8) is 0 Å². The Kier molecular flexibility index (Phi) is 5.31. The summed E-state index contributed by atoms with van der Waals surface area (Å²) in [6.45, 7) is 1.67. The number of ether oxygens (including phenoxy) is 1. The normalized spacial score (nSPS) is 11.6. The SMILES string of the molecule is CCOC(=O)C(=[N+]=[N-])C(O)c1c(Cl)cccc1Cl. The number of aliphatic hydroxyl groups excluding tert-OH is 1. The topological polar surface area (TPSA) is 82.9 Å². The van der Waals surface area contributed by atoms with E-state index in [4.69, 9.17) is 28.7 Å². The Morgan fingerprint density at radius 1 is 1.50 bits per heavy atom. The van der Waals surface area contributed by atoms with Crippen molar-refractivity contribution in [3.8, 4) is 0 Å². The van der Waals surface area contributed by atoms with Gasteiger partial charge in [-0.05, 0) is 19.1 Å². The van der Waals surface area contributed by atoms with Crippen LogP contribution in [0.15, 0.2) is 18.2 Å². The van der Waals surface area contributed by atoms with E-state index in [1.54, 1.807) is 13.0 Å². The van der Waals surface area contributed by atoms with Gasteiger partial charge in [-0.3, -0.25) is 0 Å². The number of hydrogen-bond acceptors (Lipinski definition) is 3. The van der Waals surface area contributed by atoms with Crippen LogP contribution in [0.2, 0.25) is 10.0 Å². The third kappa shape index (κ3) is 3.09. The molecule has 0 amide bonds. The van der Waals surface area contributed by atoms with Gasteiger partial charge in [-0.15, -0.1) is 0 Å². The van der Waals surface area contributed by atoms with E-state index >= 15 is 0 Å². The van der Waals surface area contributed by atoms with Gasteiger partial charge in [-0.25, -0.2) is 4.79 Å². The standard InChI is InChI=1S/C11H10Cl2N2O3/c1-2-18-11(17)9(15-14)10(16)8-6(12)4-3-5-7(8)13/h3-5,10,16H,2H2,1H3. The van der Waals surface area contributed by atoms with Crippen molar-refractivity contribution in [3.05, 3.63) is 39.3 Å². The monoisotopic (exact) mass is 288 g/mol. The summed E-state index contributed by atoms with van der Waals surface area (Å²) < 4.78 is 4.64. The second kappa shape index (κ2) is 6.52. The highest BCUT2D eigenvalue weighted by atomic mass is 35.5. The van der Waals surface area contributed by atoms with Crippen LogP contribution in [0.3, 0.4) is 0 Å². The molecule has 18 heavy (non-hydrogen) atoms. The maximum Gasteiger partial charge on any atom is 0.420 e. The third-order valence-electron chi connectivity index (χ3n) is 2.12. The number of benzene rings is 1. The number of carbonyl (C=O) groups is 1. The highest BCUT2D eigenvalue weighted by Crippen LogP contribution is 2.30. The molecule has 0 saturated heterocycles. The van der Waals surface area contributed by atoms with Gasteiger partial charge in [0, 0.05) is 15.6 Å². The molecule has 1 atom stereocenters. The van der Waals surface area contributed by atoms with Gasteiger partial charge in [0.05, 0.1) is 6.61 Å². The summed E-state index contributed by atoms with van der Waals surface area (Å²) in [5, 5.41) is 10.3. The summed E-state index contributed by atoms with van der Waals surface area (Å²) in [6, 6.07) is 4.57. The van der Waals surface area contributed by atoms with E-state index in [0.29, 0.717) is 0 Å². The maximum atomic E-state index is 11.5. The third-order valence-corrected chi connectivity index (χ3v) is 2.78. The number of hydrogen-bond donors (Lipinski definition) is 1. The Labute approximate surface area is 114 Å². The largest absolute Gasteiger partial charge is 0.457 e. The number of carbonyl (C=O) groups excluding carboxylic acids is 1. The van der Waals surface area contributed by atoms with E-state index in [1.807, 2.05) is 0 Å². The lowest BCUT2D eigenvalue weighted by Crippen LogP contribution is -2.26. The zero-order chi connectivity index (χ0) is 13.7. The zero-order valence-corrected chi connectivity index (χ0v) is 10.9. The molecule has 0 radical (unpaired) electrons. The first-order valence-electron chi connectivity index (χ1n) is 5.04. The van der Waals surface area contributed by atoms with Crippen LogP contribution in [0.5, 0.6) is 0 Å². The second-order valence-corrected chi connectivity index (χ2v) is 4.06. The Bertz CT molecular complexity index is 493. The van der Waals surface area contributed by atoms with Crippen LogP contribution < -0.4 is 0 Å². The zero-order valence-electron chi connectivity index (χ0n) is 9.43. The van der Waals surface area contributed by atoms with E-state index in [1.165, 1.54) is 12.1 Å². The Morgan fingerprint density at radius 2 is 2.06 bits per heavy atom. The summed E-state index contributed by atoms with van der Waals surface area (Å²) >= 11 is 11.7. The fraction of sp³-hybridized carbons (Fsp3) is 0.273. The first-order valence-corrected chi connectivity index (χ1v) is 5.79. The van der Waals surface area contributed by atoms with Gasteiger partial charge in [0.15, 0.2) is 6.10 Å². The molecular weight excluding hydrogens is 279 g/mol. The molecule has 1 unspecified atom stereocenters. The number of aliphatic hydroxyl groups is 1. The van der Waals surface area contributed by atoms with E-state index in [2.05, 4.69) is 9.53 Å². The highest BCUT2D eigenvalue weighted by Gasteiger charge is 2.34. The number of esters is 1. The maximum absolute atomic E-state index is 11.5. The van der Waals surface area contributed by atoms with Gasteiger partial charge < -0.3 is 15.4 Å². The quantitative estimate of drug-likeness (QED) is 0.399. The van der Waals surface area contributed by atoms with Crippen LogP contribution >= 0.6 is 23.2 Å². The van der Waals surface area contributed by atoms with Crippen molar-refractivity contribution in [2.24, 2.45) is 0 Å². The average molecular weight is 289 g/mol. The van der Waals surface area contributed by atoms with Crippen LogP contribution in [0.4, 0.5) is 0 Å². The molecule has 0 aliphatic carbocycles. The molecule has 0 aromatic heterocycles. The van der Waals surface area contributed by atoms with E-state index < -0.39 is 17.8 Å². The molecule has 96 valence electrons. The lowest BCUT2D eigenvalue weighted by Gasteiger charge is -2.10. The first kappa shape index (κ1) is 14.7. The van der Waals surface area contributed by atoms with Gasteiger partial charge in [-0.2, -0.15) is 4.79 Å². The minimum absolute atomic E-state index is 0.0842.